The number of hydrogen-bond acceptors (Lipinski definition) is 3. The first-order valence-electron chi connectivity index (χ1n) is 5.38. The van der Waals surface area contributed by atoms with Gasteiger partial charge >= 0.3 is 6.18 Å². The number of rotatable bonds is 5. The molecule has 0 unspecified atom stereocenters. The summed E-state index contributed by atoms with van der Waals surface area (Å²) in [6.45, 7) is -0.384. The van der Waals surface area contributed by atoms with Crippen LogP contribution in [0, 0.1) is 5.82 Å². The number of nitrogens with two attached hydrogens (primary N) is 1. The van der Waals surface area contributed by atoms with Crippen molar-refractivity contribution in [3.05, 3.63) is 35.1 Å². The molecule has 4 N–H and O–H groups in total. The molecule has 0 fully saturated rings. The summed E-state index contributed by atoms with van der Waals surface area (Å²) in [5, 5.41) is 13.6. The Morgan fingerprint density at radius 3 is 2.63 bits per heavy atom. The summed E-state index contributed by atoms with van der Waals surface area (Å²) in [5.41, 5.74) is 5.31. The van der Waals surface area contributed by atoms with Crippen molar-refractivity contribution in [2.75, 3.05) is 6.54 Å². The van der Waals surface area contributed by atoms with Gasteiger partial charge in [0.05, 0.1) is 12.0 Å². The lowest BCUT2D eigenvalue weighted by molar-refractivity contribution is -0.133. The van der Waals surface area contributed by atoms with Crippen LogP contribution in [0.5, 0.6) is 0 Å². The Bertz CT molecular complexity index is 460. The molecule has 0 amide bonds. The van der Waals surface area contributed by atoms with Crippen LogP contribution >= 0.6 is 0 Å². The average molecular weight is 279 g/mol. The molecule has 8 heteroatoms. The molecule has 1 rings (SSSR count). The van der Waals surface area contributed by atoms with Crippen molar-refractivity contribution in [3.8, 4) is 0 Å². The number of alkyl halides is 3. The lowest BCUT2D eigenvalue weighted by Crippen LogP contribution is -2.22. The van der Waals surface area contributed by atoms with Gasteiger partial charge in [0.15, 0.2) is 5.84 Å². The first-order chi connectivity index (χ1) is 8.85. The van der Waals surface area contributed by atoms with Crippen LogP contribution in [0.3, 0.4) is 0 Å². The first kappa shape index (κ1) is 15.2. The lowest BCUT2D eigenvalue weighted by atomic mass is 10.1. The average Bonchev–Trinajstić information content (AvgIpc) is 2.34. The van der Waals surface area contributed by atoms with Gasteiger partial charge in [-0.1, -0.05) is 17.3 Å². The van der Waals surface area contributed by atoms with E-state index in [-0.39, 0.29) is 24.2 Å². The van der Waals surface area contributed by atoms with Crippen molar-refractivity contribution in [3.63, 3.8) is 0 Å². The molecule has 0 aliphatic carbocycles. The number of nitrogens with one attached hydrogen (secondary N) is 1. The summed E-state index contributed by atoms with van der Waals surface area (Å²) in [6.07, 6.45) is -5.24. The Kier molecular flexibility index (Phi) is 5.11. The fourth-order valence-corrected chi connectivity index (χ4v) is 1.42. The zero-order valence-corrected chi connectivity index (χ0v) is 9.84. The monoisotopic (exact) mass is 279 g/mol. The third kappa shape index (κ3) is 4.74. The Hall–Kier alpha value is -1.83. The van der Waals surface area contributed by atoms with Crippen molar-refractivity contribution < 1.29 is 22.8 Å². The third-order valence-corrected chi connectivity index (χ3v) is 2.36. The van der Waals surface area contributed by atoms with Crippen molar-refractivity contribution >= 4 is 5.84 Å². The van der Waals surface area contributed by atoms with Crippen LogP contribution in [-0.2, 0) is 6.54 Å². The molecule has 106 valence electrons. The topological polar surface area (TPSA) is 70.6 Å². The fraction of sp³-hybridized carbons (Fsp3) is 0.364. The van der Waals surface area contributed by atoms with E-state index < -0.39 is 24.2 Å². The molecule has 0 aliphatic heterocycles. The molecule has 0 saturated carbocycles. The Morgan fingerprint density at radius 1 is 1.37 bits per heavy atom. The molecule has 0 bridgehead atoms. The van der Waals surface area contributed by atoms with Gasteiger partial charge in [-0.3, -0.25) is 0 Å². The molecule has 4 nitrogen and oxygen atoms in total. The molecule has 0 heterocycles. The van der Waals surface area contributed by atoms with Gasteiger partial charge in [-0.05, 0) is 6.07 Å². The van der Waals surface area contributed by atoms with Crippen LogP contribution in [-0.4, -0.2) is 23.8 Å². The van der Waals surface area contributed by atoms with E-state index in [1.165, 1.54) is 18.2 Å². The van der Waals surface area contributed by atoms with Crippen molar-refractivity contribution in [2.24, 2.45) is 10.9 Å². The van der Waals surface area contributed by atoms with Gasteiger partial charge in [-0.25, -0.2) is 4.39 Å². The second kappa shape index (κ2) is 6.37. The molecule has 19 heavy (non-hydrogen) atoms. The van der Waals surface area contributed by atoms with E-state index in [4.69, 9.17) is 10.9 Å². The number of benzene rings is 1. The van der Waals surface area contributed by atoms with Crippen molar-refractivity contribution in [1.29, 1.82) is 0 Å². The molecule has 0 aromatic heterocycles. The number of nitrogens with zero attached hydrogens (tertiary/aromatic N) is 1. The van der Waals surface area contributed by atoms with Crippen molar-refractivity contribution in [2.45, 2.75) is 19.1 Å². The van der Waals surface area contributed by atoms with E-state index in [2.05, 4.69) is 10.5 Å². The highest BCUT2D eigenvalue weighted by molar-refractivity contribution is 5.97. The largest absolute Gasteiger partial charge is 0.409 e. The Balaban J connectivity index is 2.65. The van der Waals surface area contributed by atoms with E-state index in [1.54, 1.807) is 0 Å². The number of hydrogen-bond donors (Lipinski definition) is 3. The second-order valence-electron chi connectivity index (χ2n) is 3.81. The zero-order chi connectivity index (χ0) is 14.5. The molecule has 0 atom stereocenters. The van der Waals surface area contributed by atoms with E-state index in [0.29, 0.717) is 0 Å². The Morgan fingerprint density at radius 2 is 2.05 bits per heavy atom. The molecule has 0 radical (unpaired) electrons. The van der Waals surface area contributed by atoms with Gasteiger partial charge in [0, 0.05) is 18.7 Å². The maximum Gasteiger partial charge on any atom is 0.390 e. The van der Waals surface area contributed by atoms with Crippen LogP contribution in [0.1, 0.15) is 17.5 Å². The minimum absolute atomic E-state index is 0.0749. The van der Waals surface area contributed by atoms with Gasteiger partial charge in [0.1, 0.15) is 5.82 Å². The van der Waals surface area contributed by atoms with Gasteiger partial charge in [-0.2, -0.15) is 13.2 Å². The van der Waals surface area contributed by atoms with Gasteiger partial charge < -0.3 is 16.3 Å². The van der Waals surface area contributed by atoms with E-state index in [9.17, 15) is 17.6 Å². The zero-order valence-electron chi connectivity index (χ0n) is 9.84. The summed E-state index contributed by atoms with van der Waals surface area (Å²) >= 11 is 0. The minimum Gasteiger partial charge on any atom is -0.409 e. The predicted octanol–water partition coefficient (Wildman–Crippen LogP) is 1.96. The van der Waals surface area contributed by atoms with Crippen LogP contribution in [0.15, 0.2) is 23.4 Å². The lowest BCUT2D eigenvalue weighted by Gasteiger charge is -2.10. The van der Waals surface area contributed by atoms with Crippen molar-refractivity contribution in [1.82, 2.24) is 5.32 Å². The summed E-state index contributed by atoms with van der Waals surface area (Å²) in [5.74, 6) is -1.12. The van der Waals surface area contributed by atoms with E-state index in [0.717, 1.165) is 0 Å². The second-order valence-corrected chi connectivity index (χ2v) is 3.81. The van der Waals surface area contributed by atoms with E-state index >= 15 is 0 Å². The molecular weight excluding hydrogens is 266 g/mol. The number of oxime groups is 1. The number of halogens is 4. The molecule has 1 aromatic rings. The summed E-state index contributed by atoms with van der Waals surface area (Å²) in [7, 11) is 0. The summed E-state index contributed by atoms with van der Waals surface area (Å²) < 4.78 is 49.5. The summed E-state index contributed by atoms with van der Waals surface area (Å²) in [4.78, 5) is 0. The normalized spacial score (nSPS) is 12.7. The standard InChI is InChI=1S/C11H13F4N3O/c12-9-7(6-17-5-4-11(13,14)15)2-1-3-8(9)10(16)18-19/h1-3,17,19H,4-6H2,(H2,16,18). The maximum atomic E-state index is 13.8. The SMILES string of the molecule is N/C(=N/O)c1cccc(CNCCC(F)(F)F)c1F. The number of amidine groups is 1. The molecule has 0 aliphatic rings. The third-order valence-electron chi connectivity index (χ3n) is 2.36. The molecule has 0 spiro atoms. The van der Waals surface area contributed by atoms with Crippen LogP contribution in [0.25, 0.3) is 0 Å². The predicted molar refractivity (Wildman–Crippen MR) is 61.3 cm³/mol. The maximum absolute atomic E-state index is 13.8. The van der Waals surface area contributed by atoms with Crippen LogP contribution in [0.4, 0.5) is 17.6 Å². The highest BCUT2D eigenvalue weighted by Gasteiger charge is 2.26. The fourth-order valence-electron chi connectivity index (χ4n) is 1.42. The molecule has 0 saturated heterocycles. The van der Waals surface area contributed by atoms with Crippen LogP contribution < -0.4 is 11.1 Å². The van der Waals surface area contributed by atoms with Gasteiger partial charge in [0.25, 0.3) is 0 Å². The highest BCUT2D eigenvalue weighted by atomic mass is 19.4. The first-order valence-corrected chi connectivity index (χ1v) is 5.38. The highest BCUT2D eigenvalue weighted by Crippen LogP contribution is 2.18. The molecule has 1 aromatic carbocycles. The van der Waals surface area contributed by atoms with Crippen LogP contribution in [0.2, 0.25) is 0 Å². The minimum atomic E-state index is -4.25. The van der Waals surface area contributed by atoms with Gasteiger partial charge in [0.2, 0.25) is 0 Å². The summed E-state index contributed by atoms with van der Waals surface area (Å²) in [6, 6.07) is 4.19. The quantitative estimate of drug-likeness (QED) is 0.193. The van der Waals surface area contributed by atoms with E-state index in [1.807, 2.05) is 0 Å². The smallest absolute Gasteiger partial charge is 0.390 e. The Labute approximate surface area is 106 Å². The van der Waals surface area contributed by atoms with Gasteiger partial charge in [-0.15, -0.1) is 0 Å². The molecular formula is C11H13F4N3O.